The van der Waals surface area contributed by atoms with Crippen molar-refractivity contribution in [3.8, 4) is 11.6 Å². The van der Waals surface area contributed by atoms with Crippen LogP contribution in [-0.2, 0) is 12.8 Å². The Hall–Kier alpha value is -2.47. The van der Waals surface area contributed by atoms with Gasteiger partial charge in [0.2, 0.25) is 11.8 Å². The van der Waals surface area contributed by atoms with E-state index in [0.29, 0.717) is 17.2 Å². The lowest BCUT2D eigenvalue weighted by Gasteiger charge is -2.07. The summed E-state index contributed by atoms with van der Waals surface area (Å²) in [4.78, 5) is 22.3. The molecule has 0 bridgehead atoms. The lowest BCUT2D eigenvalue weighted by molar-refractivity contribution is 0.100. The van der Waals surface area contributed by atoms with Crippen LogP contribution in [0.25, 0.3) is 10.2 Å². The number of hydrogen-bond donors (Lipinski definition) is 1. The maximum atomic E-state index is 11.2. The Balaban J connectivity index is 1.73. The third-order valence-corrected chi connectivity index (χ3v) is 5.52. The van der Waals surface area contributed by atoms with Gasteiger partial charge in [-0.05, 0) is 55.5 Å². The van der Waals surface area contributed by atoms with Crippen molar-refractivity contribution in [1.82, 2.24) is 9.97 Å². The molecule has 0 radical (unpaired) electrons. The number of hydrogen-bond acceptors (Lipinski definition) is 5. The number of thiophene rings is 1. The number of amides is 1. The maximum Gasteiger partial charge on any atom is 0.248 e. The van der Waals surface area contributed by atoms with Crippen LogP contribution in [0.15, 0.2) is 30.6 Å². The molecule has 1 aromatic carbocycles. The maximum absolute atomic E-state index is 11.2. The van der Waals surface area contributed by atoms with Crippen molar-refractivity contribution in [2.24, 2.45) is 5.73 Å². The van der Waals surface area contributed by atoms with Gasteiger partial charge in [-0.15, -0.1) is 11.3 Å². The molecular formula is C18H17N3O2S. The number of primary amides is 1. The Morgan fingerprint density at radius 2 is 1.88 bits per heavy atom. The third-order valence-electron chi connectivity index (χ3n) is 4.32. The number of carbonyl (C=O) groups is 1. The molecular weight excluding hydrogens is 322 g/mol. The van der Waals surface area contributed by atoms with E-state index in [9.17, 15) is 4.79 Å². The zero-order valence-corrected chi connectivity index (χ0v) is 13.9. The van der Waals surface area contributed by atoms with E-state index in [4.69, 9.17) is 10.5 Å². The van der Waals surface area contributed by atoms with Crippen LogP contribution in [0.2, 0.25) is 0 Å². The zero-order chi connectivity index (χ0) is 16.5. The molecule has 0 saturated heterocycles. The summed E-state index contributed by atoms with van der Waals surface area (Å²) in [5, 5.41) is 1.04. The van der Waals surface area contributed by atoms with Gasteiger partial charge in [0.05, 0.1) is 5.39 Å². The predicted molar refractivity (Wildman–Crippen MR) is 93.7 cm³/mol. The van der Waals surface area contributed by atoms with E-state index in [1.165, 1.54) is 29.7 Å². The number of aromatic nitrogens is 2. The van der Waals surface area contributed by atoms with Crippen molar-refractivity contribution in [1.29, 1.82) is 0 Å². The summed E-state index contributed by atoms with van der Waals surface area (Å²) in [5.74, 6) is 0.772. The molecule has 0 atom stereocenters. The number of nitrogens with zero attached hydrogens (tertiary/aromatic N) is 2. The van der Waals surface area contributed by atoms with Crippen LogP contribution in [0, 0.1) is 0 Å². The Morgan fingerprint density at radius 1 is 1.08 bits per heavy atom. The molecule has 2 N–H and O–H groups in total. The van der Waals surface area contributed by atoms with E-state index in [2.05, 4.69) is 9.97 Å². The molecule has 122 valence electrons. The quantitative estimate of drug-likeness (QED) is 0.735. The summed E-state index contributed by atoms with van der Waals surface area (Å²) in [6.45, 7) is 0. The third kappa shape index (κ3) is 2.73. The molecule has 5 nitrogen and oxygen atoms in total. The number of ether oxygens (including phenoxy) is 1. The molecule has 0 saturated carbocycles. The van der Waals surface area contributed by atoms with Crippen molar-refractivity contribution in [3.63, 3.8) is 0 Å². The Morgan fingerprint density at radius 3 is 2.67 bits per heavy atom. The number of carbonyl (C=O) groups excluding carboxylic acids is 1. The molecule has 2 aromatic heterocycles. The summed E-state index contributed by atoms with van der Waals surface area (Å²) in [7, 11) is 0. The molecule has 0 spiro atoms. The summed E-state index contributed by atoms with van der Waals surface area (Å²) in [6.07, 6.45) is 7.41. The fraction of sp³-hybridized carbons (Fsp3) is 0.278. The number of rotatable bonds is 3. The average molecular weight is 339 g/mol. The van der Waals surface area contributed by atoms with Crippen molar-refractivity contribution >= 4 is 27.5 Å². The van der Waals surface area contributed by atoms with Crippen molar-refractivity contribution < 1.29 is 9.53 Å². The van der Waals surface area contributed by atoms with Crippen LogP contribution in [0.3, 0.4) is 0 Å². The largest absolute Gasteiger partial charge is 0.438 e. The molecule has 0 unspecified atom stereocenters. The fourth-order valence-electron chi connectivity index (χ4n) is 3.11. The topological polar surface area (TPSA) is 78.1 Å². The van der Waals surface area contributed by atoms with E-state index in [1.807, 2.05) is 0 Å². The summed E-state index contributed by atoms with van der Waals surface area (Å²) in [6, 6.07) is 6.78. The fourth-order valence-corrected chi connectivity index (χ4v) is 4.33. The lowest BCUT2D eigenvalue weighted by Crippen LogP contribution is -2.10. The Kier molecular flexibility index (Phi) is 3.90. The summed E-state index contributed by atoms with van der Waals surface area (Å²) in [5.41, 5.74) is 7.07. The number of fused-ring (bicyclic) bond motifs is 3. The first-order valence-corrected chi connectivity index (χ1v) is 8.87. The molecule has 24 heavy (non-hydrogen) atoms. The van der Waals surface area contributed by atoms with Gasteiger partial charge in [-0.1, -0.05) is 6.42 Å². The smallest absolute Gasteiger partial charge is 0.248 e. The van der Waals surface area contributed by atoms with Crippen LogP contribution < -0.4 is 10.5 Å². The predicted octanol–water partition coefficient (Wildman–Crippen LogP) is 3.85. The van der Waals surface area contributed by atoms with Gasteiger partial charge in [-0.2, -0.15) is 0 Å². The van der Waals surface area contributed by atoms with E-state index < -0.39 is 5.91 Å². The second-order valence-electron chi connectivity index (χ2n) is 5.91. The molecule has 2 heterocycles. The van der Waals surface area contributed by atoms with Crippen LogP contribution in [0.4, 0.5) is 0 Å². The van der Waals surface area contributed by atoms with E-state index >= 15 is 0 Å². The van der Waals surface area contributed by atoms with Gasteiger partial charge in [0.1, 0.15) is 16.9 Å². The second kappa shape index (κ2) is 6.20. The first kappa shape index (κ1) is 15.1. The molecule has 0 fully saturated rings. The SMILES string of the molecule is NC(=O)c1ccc(Oc2ncnc3sc4c(c23)CCCCC4)cc1. The highest BCUT2D eigenvalue weighted by atomic mass is 32.1. The molecule has 4 rings (SSSR count). The van der Waals surface area contributed by atoms with Crippen LogP contribution >= 0.6 is 11.3 Å². The molecule has 1 aliphatic carbocycles. The van der Waals surface area contributed by atoms with E-state index in [-0.39, 0.29) is 0 Å². The number of benzene rings is 1. The molecule has 6 heteroatoms. The highest BCUT2D eigenvalue weighted by Gasteiger charge is 2.20. The normalized spacial score (nSPS) is 14.2. The first-order chi connectivity index (χ1) is 11.7. The Labute approximate surface area is 143 Å². The van der Waals surface area contributed by atoms with Gasteiger partial charge in [0.15, 0.2) is 0 Å². The van der Waals surface area contributed by atoms with E-state index in [1.54, 1.807) is 41.9 Å². The molecule has 0 aliphatic heterocycles. The Bertz CT molecular complexity index is 903. The minimum atomic E-state index is -0.450. The second-order valence-corrected chi connectivity index (χ2v) is 7.00. The minimum absolute atomic E-state index is 0.450. The van der Waals surface area contributed by atoms with Gasteiger partial charge in [0, 0.05) is 10.4 Å². The highest BCUT2D eigenvalue weighted by Crippen LogP contribution is 2.39. The highest BCUT2D eigenvalue weighted by molar-refractivity contribution is 7.18. The van der Waals surface area contributed by atoms with Crippen LogP contribution in [0.1, 0.15) is 40.1 Å². The monoisotopic (exact) mass is 339 g/mol. The van der Waals surface area contributed by atoms with Gasteiger partial charge in [-0.25, -0.2) is 9.97 Å². The number of nitrogens with two attached hydrogens (primary N) is 1. The molecule has 3 aromatic rings. The molecule has 1 aliphatic rings. The lowest BCUT2D eigenvalue weighted by atomic mass is 10.1. The van der Waals surface area contributed by atoms with Crippen LogP contribution in [-0.4, -0.2) is 15.9 Å². The van der Waals surface area contributed by atoms with Gasteiger partial charge >= 0.3 is 0 Å². The van der Waals surface area contributed by atoms with Gasteiger partial charge in [0.25, 0.3) is 0 Å². The first-order valence-electron chi connectivity index (χ1n) is 8.05. The van der Waals surface area contributed by atoms with Gasteiger partial charge in [-0.3, -0.25) is 4.79 Å². The minimum Gasteiger partial charge on any atom is -0.438 e. The van der Waals surface area contributed by atoms with Crippen molar-refractivity contribution in [3.05, 3.63) is 46.6 Å². The molecule has 1 amide bonds. The standard InChI is InChI=1S/C18H17N3O2S/c19-16(22)11-6-8-12(9-7-11)23-17-15-13-4-2-1-3-5-14(13)24-18(15)21-10-20-17/h6-10H,1-5H2,(H2,19,22). The average Bonchev–Trinajstić information content (AvgIpc) is 2.78. The summed E-state index contributed by atoms with van der Waals surface area (Å²) < 4.78 is 6.00. The summed E-state index contributed by atoms with van der Waals surface area (Å²) >= 11 is 1.75. The van der Waals surface area contributed by atoms with E-state index in [0.717, 1.165) is 23.1 Å². The number of aryl methyl sites for hydroxylation is 2. The van der Waals surface area contributed by atoms with Crippen LogP contribution in [0.5, 0.6) is 11.6 Å². The van der Waals surface area contributed by atoms with Crippen molar-refractivity contribution in [2.45, 2.75) is 32.1 Å². The van der Waals surface area contributed by atoms with Gasteiger partial charge < -0.3 is 10.5 Å². The zero-order valence-electron chi connectivity index (χ0n) is 13.1. The van der Waals surface area contributed by atoms with Crippen molar-refractivity contribution in [2.75, 3.05) is 0 Å².